The van der Waals surface area contributed by atoms with Gasteiger partial charge < -0.3 is 8.85 Å². The van der Waals surface area contributed by atoms with E-state index in [1.807, 2.05) is 0 Å². The van der Waals surface area contributed by atoms with Crippen LogP contribution in [0.15, 0.2) is 5.11 Å². The summed E-state index contributed by atoms with van der Waals surface area (Å²) in [4.78, 5) is 2.90. The number of hydrogen-bond acceptors (Lipinski definition) is 3. The summed E-state index contributed by atoms with van der Waals surface area (Å²) in [6, 6.07) is 6.70. The first kappa shape index (κ1) is 21.7. The molecular formula is C15H35N3O2Si2. The van der Waals surface area contributed by atoms with Gasteiger partial charge in [0, 0.05) is 4.91 Å². The number of nitrogens with zero attached hydrogens (tertiary/aromatic N) is 3. The first-order valence-corrected chi connectivity index (χ1v) is 13.9. The SMILES string of the molecule is CC[Si](CC)(CC)OC[C@@H](CN=[N+]=[N-])O[Si](CC)(CC)CC. The van der Waals surface area contributed by atoms with E-state index in [-0.39, 0.29) is 6.10 Å². The molecule has 0 unspecified atom stereocenters. The molecule has 0 spiro atoms. The van der Waals surface area contributed by atoms with Crippen LogP contribution in [0.1, 0.15) is 41.5 Å². The fourth-order valence-electron chi connectivity index (χ4n) is 2.93. The summed E-state index contributed by atoms with van der Waals surface area (Å²) in [6.07, 6.45) is -0.0843. The van der Waals surface area contributed by atoms with Crippen molar-refractivity contribution in [3.8, 4) is 0 Å². The number of hydrogen-bond donors (Lipinski definition) is 0. The van der Waals surface area contributed by atoms with Crippen LogP contribution >= 0.6 is 0 Å². The molecule has 0 aromatic heterocycles. The van der Waals surface area contributed by atoms with E-state index in [1.54, 1.807) is 0 Å². The molecule has 0 rings (SSSR count). The smallest absolute Gasteiger partial charge is 0.192 e. The molecule has 0 bridgehead atoms. The molecule has 5 nitrogen and oxygen atoms in total. The minimum absolute atomic E-state index is 0.0843. The quantitative estimate of drug-likeness (QED) is 0.186. The standard InChI is InChI=1S/C15H35N3O2Si2/c1-7-21(8-2,9-3)19-14-15(13-17-18-16)20-22(10-4,11-5)12-6/h15H,7-14H2,1-6H3/t15-/m1/s1. The predicted molar refractivity (Wildman–Crippen MR) is 99.2 cm³/mol. The van der Waals surface area contributed by atoms with E-state index in [4.69, 9.17) is 14.4 Å². The highest BCUT2D eigenvalue weighted by Crippen LogP contribution is 2.26. The van der Waals surface area contributed by atoms with Crippen LogP contribution in [0.25, 0.3) is 10.4 Å². The highest BCUT2D eigenvalue weighted by Gasteiger charge is 2.34. The van der Waals surface area contributed by atoms with Crippen molar-refractivity contribution in [2.75, 3.05) is 13.2 Å². The first-order valence-electron chi connectivity index (χ1n) is 8.83. The summed E-state index contributed by atoms with van der Waals surface area (Å²) >= 11 is 0. The van der Waals surface area contributed by atoms with Gasteiger partial charge in [0.1, 0.15) is 0 Å². The molecule has 130 valence electrons. The van der Waals surface area contributed by atoms with E-state index < -0.39 is 16.6 Å². The molecule has 0 aliphatic rings. The maximum absolute atomic E-state index is 8.63. The highest BCUT2D eigenvalue weighted by atomic mass is 28.4. The van der Waals surface area contributed by atoms with Gasteiger partial charge in [0.05, 0.1) is 19.3 Å². The lowest BCUT2D eigenvalue weighted by Crippen LogP contribution is -2.45. The van der Waals surface area contributed by atoms with Crippen molar-refractivity contribution in [2.45, 2.75) is 83.9 Å². The Balaban J connectivity index is 4.94. The topological polar surface area (TPSA) is 67.2 Å². The molecule has 0 saturated carbocycles. The second-order valence-electron chi connectivity index (χ2n) is 5.95. The predicted octanol–water partition coefficient (Wildman–Crippen LogP) is 5.71. The lowest BCUT2D eigenvalue weighted by molar-refractivity contribution is 0.118. The molecule has 0 aromatic rings. The lowest BCUT2D eigenvalue weighted by Gasteiger charge is -2.35. The highest BCUT2D eigenvalue weighted by molar-refractivity contribution is 6.74. The van der Waals surface area contributed by atoms with Gasteiger partial charge in [-0.2, -0.15) is 0 Å². The number of rotatable bonds is 13. The van der Waals surface area contributed by atoms with Crippen molar-refractivity contribution in [3.63, 3.8) is 0 Å². The van der Waals surface area contributed by atoms with Gasteiger partial charge in [-0.25, -0.2) is 0 Å². The van der Waals surface area contributed by atoms with Crippen molar-refractivity contribution in [1.29, 1.82) is 0 Å². The Hall–Kier alpha value is -0.336. The van der Waals surface area contributed by atoms with Crippen LogP contribution in [0.3, 0.4) is 0 Å². The van der Waals surface area contributed by atoms with Gasteiger partial charge in [-0.15, -0.1) is 0 Å². The van der Waals surface area contributed by atoms with Gasteiger partial charge >= 0.3 is 0 Å². The van der Waals surface area contributed by atoms with E-state index in [1.165, 1.54) is 0 Å². The van der Waals surface area contributed by atoms with Crippen LogP contribution in [0.5, 0.6) is 0 Å². The fourth-order valence-corrected chi connectivity index (χ4v) is 8.43. The second-order valence-corrected chi connectivity index (χ2v) is 15.5. The van der Waals surface area contributed by atoms with Crippen molar-refractivity contribution in [1.82, 2.24) is 0 Å². The molecule has 0 N–H and O–H groups in total. The molecule has 0 aliphatic carbocycles. The summed E-state index contributed by atoms with van der Waals surface area (Å²) in [5.41, 5.74) is 8.63. The first-order chi connectivity index (χ1) is 10.5. The zero-order valence-corrected chi connectivity index (χ0v) is 17.4. The third kappa shape index (κ3) is 6.42. The van der Waals surface area contributed by atoms with Gasteiger partial charge in [-0.1, -0.05) is 46.7 Å². The third-order valence-electron chi connectivity index (χ3n) is 5.21. The van der Waals surface area contributed by atoms with E-state index in [0.717, 1.165) is 36.3 Å². The molecule has 7 heteroatoms. The van der Waals surface area contributed by atoms with Crippen LogP contribution < -0.4 is 0 Å². The molecule has 0 radical (unpaired) electrons. The molecule has 0 amide bonds. The van der Waals surface area contributed by atoms with E-state index in [9.17, 15) is 0 Å². The van der Waals surface area contributed by atoms with E-state index in [2.05, 4.69) is 51.6 Å². The number of azide groups is 1. The molecule has 1 atom stereocenters. The van der Waals surface area contributed by atoms with Gasteiger partial charge in [0.15, 0.2) is 16.6 Å². The lowest BCUT2D eigenvalue weighted by atomic mass is 10.4. The average molecular weight is 346 g/mol. The third-order valence-corrected chi connectivity index (χ3v) is 14.6. The summed E-state index contributed by atoms with van der Waals surface area (Å²) in [5, 5.41) is 3.75. The molecule has 0 fully saturated rings. The van der Waals surface area contributed by atoms with Crippen molar-refractivity contribution in [2.24, 2.45) is 5.11 Å². The Labute approximate surface area is 138 Å². The van der Waals surface area contributed by atoms with E-state index in [0.29, 0.717) is 13.2 Å². The average Bonchev–Trinajstić information content (AvgIpc) is 2.58. The Morgan fingerprint density at radius 2 is 1.32 bits per heavy atom. The summed E-state index contributed by atoms with van der Waals surface area (Å²) in [6.45, 7) is 14.3. The van der Waals surface area contributed by atoms with E-state index >= 15 is 0 Å². The van der Waals surface area contributed by atoms with Gasteiger partial charge in [0.2, 0.25) is 0 Å². The minimum atomic E-state index is -1.71. The van der Waals surface area contributed by atoms with Gasteiger partial charge in [-0.05, 0) is 41.8 Å². The molecule has 0 saturated heterocycles. The molecule has 0 heterocycles. The maximum atomic E-state index is 8.63. The summed E-state index contributed by atoms with van der Waals surface area (Å²) < 4.78 is 12.9. The van der Waals surface area contributed by atoms with Gasteiger partial charge in [-0.3, -0.25) is 0 Å². The van der Waals surface area contributed by atoms with Gasteiger partial charge in [0.25, 0.3) is 0 Å². The van der Waals surface area contributed by atoms with Crippen LogP contribution in [-0.4, -0.2) is 35.9 Å². The Kier molecular flexibility index (Phi) is 11.1. The van der Waals surface area contributed by atoms with Crippen molar-refractivity contribution in [3.05, 3.63) is 10.4 Å². The summed E-state index contributed by atoms with van der Waals surface area (Å²) in [5.74, 6) is 0. The van der Waals surface area contributed by atoms with Crippen LogP contribution in [0.2, 0.25) is 36.3 Å². The molecular weight excluding hydrogens is 310 g/mol. The molecule has 0 aromatic carbocycles. The molecule has 0 aliphatic heterocycles. The van der Waals surface area contributed by atoms with Crippen LogP contribution in [0.4, 0.5) is 0 Å². The maximum Gasteiger partial charge on any atom is 0.192 e. The van der Waals surface area contributed by atoms with Crippen LogP contribution in [0, 0.1) is 0 Å². The molecule has 22 heavy (non-hydrogen) atoms. The van der Waals surface area contributed by atoms with Crippen LogP contribution in [-0.2, 0) is 8.85 Å². The largest absolute Gasteiger partial charge is 0.414 e. The van der Waals surface area contributed by atoms with Crippen molar-refractivity contribution >= 4 is 16.6 Å². The Morgan fingerprint density at radius 3 is 1.68 bits per heavy atom. The van der Waals surface area contributed by atoms with Crippen molar-refractivity contribution < 1.29 is 8.85 Å². The Bertz CT molecular complexity index is 325. The fraction of sp³-hybridized carbons (Fsp3) is 1.00. The second kappa shape index (κ2) is 11.2. The monoisotopic (exact) mass is 345 g/mol. The zero-order chi connectivity index (χ0) is 17.1. The Morgan fingerprint density at radius 1 is 0.864 bits per heavy atom. The summed E-state index contributed by atoms with van der Waals surface area (Å²) in [7, 11) is -3.33. The normalized spacial score (nSPS) is 13.7. The minimum Gasteiger partial charge on any atom is -0.414 e. The zero-order valence-electron chi connectivity index (χ0n) is 15.4.